The molecule has 1 amide bonds. The molecular formula is C17H19BrN2O. The van der Waals surface area contributed by atoms with Crippen LogP contribution in [0.5, 0.6) is 0 Å². The first kappa shape index (κ1) is 15.7. The van der Waals surface area contributed by atoms with Crippen LogP contribution in [0.2, 0.25) is 0 Å². The highest BCUT2D eigenvalue weighted by atomic mass is 79.9. The third kappa shape index (κ3) is 3.93. The van der Waals surface area contributed by atoms with E-state index in [1.54, 1.807) is 0 Å². The molecule has 3 nitrogen and oxygen atoms in total. The first-order valence-corrected chi connectivity index (χ1v) is 7.79. The highest BCUT2D eigenvalue weighted by Gasteiger charge is 2.19. The van der Waals surface area contributed by atoms with Gasteiger partial charge in [-0.1, -0.05) is 53.2 Å². The Labute approximate surface area is 133 Å². The molecule has 110 valence electrons. The first-order chi connectivity index (χ1) is 10.2. The minimum atomic E-state index is -0.334. The summed E-state index contributed by atoms with van der Waals surface area (Å²) < 4.78 is 1.01. The molecular weight excluding hydrogens is 328 g/mol. The van der Waals surface area contributed by atoms with Gasteiger partial charge >= 0.3 is 0 Å². The topological polar surface area (TPSA) is 55.1 Å². The molecule has 0 heterocycles. The lowest BCUT2D eigenvalue weighted by Crippen LogP contribution is -2.27. The Morgan fingerprint density at radius 1 is 1.24 bits per heavy atom. The lowest BCUT2D eigenvalue weighted by atomic mass is 9.98. The zero-order valence-electron chi connectivity index (χ0n) is 12.0. The minimum Gasteiger partial charge on any atom is -0.329 e. The van der Waals surface area contributed by atoms with Crippen molar-refractivity contribution >= 4 is 27.5 Å². The number of halogens is 1. The van der Waals surface area contributed by atoms with Crippen LogP contribution in [0.1, 0.15) is 24.0 Å². The average molecular weight is 347 g/mol. The number of nitrogens with two attached hydrogens (primary N) is 1. The van der Waals surface area contributed by atoms with E-state index in [1.807, 2.05) is 48.5 Å². The van der Waals surface area contributed by atoms with Gasteiger partial charge in [0.1, 0.15) is 0 Å². The monoisotopic (exact) mass is 346 g/mol. The summed E-state index contributed by atoms with van der Waals surface area (Å²) in [5.41, 5.74) is 8.67. The van der Waals surface area contributed by atoms with Crippen LogP contribution in [0.4, 0.5) is 5.69 Å². The maximum absolute atomic E-state index is 12.5. The molecule has 0 radical (unpaired) electrons. The van der Waals surface area contributed by atoms with Gasteiger partial charge in [-0.15, -0.1) is 0 Å². The van der Waals surface area contributed by atoms with Crippen molar-refractivity contribution in [3.63, 3.8) is 0 Å². The molecule has 3 N–H and O–H groups in total. The molecule has 0 aromatic heterocycles. The number of carbonyl (C=O) groups is 1. The van der Waals surface area contributed by atoms with Crippen LogP contribution in [0.3, 0.4) is 0 Å². The first-order valence-electron chi connectivity index (χ1n) is 7.00. The molecule has 0 aliphatic heterocycles. The maximum atomic E-state index is 12.5. The fourth-order valence-corrected chi connectivity index (χ4v) is 2.68. The van der Waals surface area contributed by atoms with E-state index in [9.17, 15) is 4.79 Å². The molecule has 0 fully saturated rings. The van der Waals surface area contributed by atoms with E-state index >= 15 is 0 Å². The van der Waals surface area contributed by atoms with Crippen molar-refractivity contribution in [2.45, 2.75) is 19.3 Å². The highest BCUT2D eigenvalue weighted by Crippen LogP contribution is 2.23. The number of benzene rings is 2. The number of rotatable bonds is 5. The van der Waals surface area contributed by atoms with Crippen molar-refractivity contribution in [3.05, 3.63) is 64.1 Å². The van der Waals surface area contributed by atoms with Crippen LogP contribution < -0.4 is 11.1 Å². The third-order valence-corrected chi connectivity index (χ3v) is 3.95. The smallest absolute Gasteiger partial charge is 0.233 e. The molecule has 2 aromatic carbocycles. The van der Waals surface area contributed by atoms with Crippen molar-refractivity contribution in [2.24, 2.45) is 5.73 Å². The Bertz CT molecular complexity index is 613. The van der Waals surface area contributed by atoms with E-state index in [1.165, 1.54) is 0 Å². The number of aryl methyl sites for hydroxylation is 1. The summed E-state index contributed by atoms with van der Waals surface area (Å²) >= 11 is 3.45. The predicted octanol–water partition coefficient (Wildman–Crippen LogP) is 3.69. The molecule has 2 rings (SSSR count). The van der Waals surface area contributed by atoms with Crippen LogP contribution in [-0.2, 0) is 11.2 Å². The summed E-state index contributed by atoms with van der Waals surface area (Å²) in [4.78, 5) is 12.5. The Morgan fingerprint density at radius 3 is 2.57 bits per heavy atom. The summed E-state index contributed by atoms with van der Waals surface area (Å²) in [5.74, 6) is -0.403. The van der Waals surface area contributed by atoms with Crippen LogP contribution in [0.15, 0.2) is 53.0 Å². The van der Waals surface area contributed by atoms with Crippen LogP contribution >= 0.6 is 15.9 Å². The van der Waals surface area contributed by atoms with Crippen molar-refractivity contribution in [3.8, 4) is 0 Å². The highest BCUT2D eigenvalue weighted by molar-refractivity contribution is 9.10. The Balaban J connectivity index is 2.20. The van der Waals surface area contributed by atoms with Crippen LogP contribution in [-0.4, -0.2) is 12.5 Å². The van der Waals surface area contributed by atoms with Crippen molar-refractivity contribution in [2.75, 3.05) is 11.9 Å². The van der Waals surface area contributed by atoms with E-state index in [2.05, 4.69) is 28.2 Å². The molecule has 0 aliphatic rings. The summed E-state index contributed by atoms with van der Waals surface area (Å²) in [7, 11) is 0. The van der Waals surface area contributed by atoms with E-state index in [-0.39, 0.29) is 18.4 Å². The number of amides is 1. The third-order valence-electron chi connectivity index (χ3n) is 3.46. The summed E-state index contributed by atoms with van der Waals surface area (Å²) in [6.07, 6.45) is 0.855. The quantitative estimate of drug-likeness (QED) is 0.867. The fourth-order valence-electron chi connectivity index (χ4n) is 2.28. The number of carbonyl (C=O) groups excluding carboxylic acids is 1. The van der Waals surface area contributed by atoms with E-state index in [4.69, 9.17) is 5.73 Å². The van der Waals surface area contributed by atoms with Gasteiger partial charge in [-0.3, -0.25) is 4.79 Å². The van der Waals surface area contributed by atoms with E-state index < -0.39 is 0 Å². The molecule has 21 heavy (non-hydrogen) atoms. The molecule has 4 heteroatoms. The lowest BCUT2D eigenvalue weighted by molar-refractivity contribution is -0.117. The average Bonchev–Trinajstić information content (AvgIpc) is 2.51. The maximum Gasteiger partial charge on any atom is 0.233 e. The van der Waals surface area contributed by atoms with Gasteiger partial charge in [-0.05, 0) is 35.7 Å². The minimum absolute atomic E-state index is 0.0688. The second kappa shape index (κ2) is 7.38. The SMILES string of the molecule is CCc1cc(Br)ccc1NC(=O)C(CN)c1ccccc1. The molecule has 2 aromatic rings. The molecule has 0 saturated heterocycles. The Hall–Kier alpha value is -1.65. The van der Waals surface area contributed by atoms with Crippen molar-refractivity contribution < 1.29 is 4.79 Å². The Morgan fingerprint density at radius 2 is 1.95 bits per heavy atom. The van der Waals surface area contributed by atoms with Crippen LogP contribution in [0.25, 0.3) is 0 Å². The van der Waals surface area contributed by atoms with Gasteiger partial charge in [0.05, 0.1) is 5.92 Å². The largest absolute Gasteiger partial charge is 0.329 e. The predicted molar refractivity (Wildman–Crippen MR) is 90.4 cm³/mol. The van der Waals surface area contributed by atoms with Crippen LogP contribution in [0, 0.1) is 0 Å². The van der Waals surface area contributed by atoms with Gasteiger partial charge in [0.15, 0.2) is 0 Å². The molecule has 0 aliphatic carbocycles. The molecule has 0 spiro atoms. The second-order valence-corrected chi connectivity index (χ2v) is 5.76. The summed E-state index contributed by atoms with van der Waals surface area (Å²) in [6, 6.07) is 15.5. The van der Waals surface area contributed by atoms with Crippen molar-refractivity contribution in [1.82, 2.24) is 0 Å². The molecule has 1 atom stereocenters. The normalized spacial score (nSPS) is 12.0. The number of hydrogen-bond acceptors (Lipinski definition) is 2. The van der Waals surface area contributed by atoms with Gasteiger partial charge < -0.3 is 11.1 Å². The van der Waals surface area contributed by atoms with E-state index in [0.29, 0.717) is 0 Å². The van der Waals surface area contributed by atoms with Crippen molar-refractivity contribution in [1.29, 1.82) is 0 Å². The lowest BCUT2D eigenvalue weighted by Gasteiger charge is -2.17. The fraction of sp³-hybridized carbons (Fsp3) is 0.235. The Kier molecular flexibility index (Phi) is 5.53. The van der Waals surface area contributed by atoms with Gasteiger partial charge in [-0.25, -0.2) is 0 Å². The summed E-state index contributed by atoms with van der Waals surface area (Å²) in [5, 5.41) is 3.00. The van der Waals surface area contributed by atoms with Gasteiger partial charge in [0, 0.05) is 16.7 Å². The van der Waals surface area contributed by atoms with E-state index in [0.717, 1.165) is 27.7 Å². The second-order valence-electron chi connectivity index (χ2n) is 4.84. The number of nitrogens with one attached hydrogen (secondary N) is 1. The number of anilines is 1. The zero-order chi connectivity index (χ0) is 15.2. The molecule has 0 saturated carbocycles. The summed E-state index contributed by atoms with van der Waals surface area (Å²) in [6.45, 7) is 2.35. The zero-order valence-corrected chi connectivity index (χ0v) is 13.6. The standard InChI is InChI=1S/C17H19BrN2O/c1-2-12-10-14(18)8-9-16(12)20-17(21)15(11-19)13-6-4-3-5-7-13/h3-10,15H,2,11,19H2,1H3,(H,20,21). The van der Waals surface area contributed by atoms with Gasteiger partial charge in [0.25, 0.3) is 0 Å². The number of hydrogen-bond donors (Lipinski definition) is 2. The molecule has 1 unspecified atom stereocenters. The van der Waals surface area contributed by atoms with Gasteiger partial charge in [0.2, 0.25) is 5.91 Å². The molecule has 0 bridgehead atoms. The van der Waals surface area contributed by atoms with Gasteiger partial charge in [-0.2, -0.15) is 0 Å².